The van der Waals surface area contributed by atoms with Gasteiger partial charge in [0.05, 0.1) is 16.1 Å². The third-order valence-corrected chi connectivity index (χ3v) is 21.6. The molecule has 0 aliphatic carbocycles. The van der Waals surface area contributed by atoms with Crippen LogP contribution in [0.25, 0.3) is 43.1 Å². The first-order valence-electron chi connectivity index (χ1n) is 14.8. The normalized spacial score (nSPS) is 12.6. The quantitative estimate of drug-likeness (QED) is 0.106. The zero-order valence-corrected chi connectivity index (χ0v) is 26.2. The van der Waals surface area contributed by atoms with Gasteiger partial charge in [0.2, 0.25) is 0 Å². The van der Waals surface area contributed by atoms with E-state index in [0.29, 0.717) is 0 Å². The van der Waals surface area contributed by atoms with Gasteiger partial charge in [0.1, 0.15) is 0 Å². The van der Waals surface area contributed by atoms with Gasteiger partial charge in [0.15, 0.2) is 0 Å². The van der Waals surface area contributed by atoms with Crippen molar-refractivity contribution in [3.05, 3.63) is 72.3 Å². The number of rotatable bonds is 8. The smallest absolute Gasteiger partial charge is 0.0875 e. The summed E-state index contributed by atoms with van der Waals surface area (Å²) < 4.78 is 0. The zero-order valence-electron chi connectivity index (χ0n) is 24.2. The van der Waals surface area contributed by atoms with E-state index in [-0.39, 0.29) is 0 Å². The van der Waals surface area contributed by atoms with Crippen LogP contribution in [0.4, 0.5) is 0 Å². The molecule has 2 heteroatoms. The van der Waals surface area contributed by atoms with Crippen LogP contribution in [0.3, 0.4) is 0 Å². The fourth-order valence-electron chi connectivity index (χ4n) is 7.51. The summed E-state index contributed by atoms with van der Waals surface area (Å²) >= 11 is 0. The molecule has 0 aliphatic rings. The monoisotopic (exact) mass is 530 g/mol. The molecule has 38 heavy (non-hydrogen) atoms. The third-order valence-electron chi connectivity index (χ3n) is 10.3. The summed E-state index contributed by atoms with van der Waals surface area (Å²) in [5.74, 6) is 2.99. The Kier molecular flexibility index (Phi) is 7.29. The molecular formula is C36H42Si2. The van der Waals surface area contributed by atoms with Gasteiger partial charge in [-0.25, -0.2) is 0 Å². The summed E-state index contributed by atoms with van der Waals surface area (Å²) in [5.41, 5.74) is 1.01. The lowest BCUT2D eigenvalue weighted by atomic mass is 9.95. The summed E-state index contributed by atoms with van der Waals surface area (Å²) in [6.45, 7) is 14.7. The maximum Gasteiger partial charge on any atom is 0.0875 e. The van der Waals surface area contributed by atoms with E-state index in [1.165, 1.54) is 74.0 Å². The first-order chi connectivity index (χ1) is 18.5. The van der Waals surface area contributed by atoms with Crippen LogP contribution in [-0.4, -0.2) is 16.1 Å². The fraction of sp³-hybridized carbons (Fsp3) is 0.333. The Hall–Kier alpha value is -2.87. The molecule has 0 N–H and O–H groups in total. The van der Waals surface area contributed by atoms with Gasteiger partial charge in [0.25, 0.3) is 0 Å². The molecule has 0 saturated heterocycles. The lowest BCUT2D eigenvalue weighted by Crippen LogP contribution is -2.51. The Morgan fingerprint density at radius 2 is 0.895 bits per heavy atom. The molecule has 0 unspecified atom stereocenters. The highest BCUT2D eigenvalue weighted by atomic mass is 28.3. The molecule has 5 aromatic rings. The van der Waals surface area contributed by atoms with Crippen molar-refractivity contribution in [3.8, 4) is 12.3 Å². The Morgan fingerprint density at radius 3 is 1.32 bits per heavy atom. The van der Waals surface area contributed by atoms with Crippen LogP contribution in [0.2, 0.25) is 36.3 Å². The molecule has 0 heterocycles. The Labute approximate surface area is 231 Å². The highest BCUT2D eigenvalue weighted by molar-refractivity contribution is 6.98. The van der Waals surface area contributed by atoms with Crippen LogP contribution < -0.4 is 10.4 Å². The Morgan fingerprint density at radius 1 is 0.500 bits per heavy atom. The van der Waals surface area contributed by atoms with E-state index in [1.54, 1.807) is 15.8 Å². The highest BCUT2D eigenvalue weighted by Gasteiger charge is 2.38. The topological polar surface area (TPSA) is 0 Å². The summed E-state index contributed by atoms with van der Waals surface area (Å²) in [6, 6.07) is 33.3. The average molecular weight is 531 g/mol. The van der Waals surface area contributed by atoms with Crippen molar-refractivity contribution in [1.29, 1.82) is 0 Å². The maximum atomic E-state index is 6.04. The van der Waals surface area contributed by atoms with Crippen molar-refractivity contribution in [2.75, 3.05) is 0 Å². The lowest BCUT2D eigenvalue weighted by molar-refractivity contribution is 1.20. The molecule has 0 aromatic heterocycles. The summed E-state index contributed by atoms with van der Waals surface area (Å²) in [5, 5.41) is 14.7. The van der Waals surface area contributed by atoms with Crippen molar-refractivity contribution < 1.29 is 0 Å². The van der Waals surface area contributed by atoms with Crippen molar-refractivity contribution in [2.45, 2.75) is 77.8 Å². The number of terminal acetylenes is 1. The Bertz CT molecular complexity index is 1680. The van der Waals surface area contributed by atoms with Crippen molar-refractivity contribution in [1.82, 2.24) is 0 Å². The van der Waals surface area contributed by atoms with Crippen molar-refractivity contribution in [3.63, 3.8) is 0 Å². The van der Waals surface area contributed by atoms with Gasteiger partial charge in [-0.05, 0) is 83.8 Å². The minimum atomic E-state index is -1.77. The van der Waals surface area contributed by atoms with Gasteiger partial charge in [-0.1, -0.05) is 120 Å². The van der Waals surface area contributed by atoms with Gasteiger partial charge < -0.3 is 0 Å². The van der Waals surface area contributed by atoms with E-state index < -0.39 is 16.1 Å². The van der Waals surface area contributed by atoms with E-state index >= 15 is 0 Å². The molecule has 0 radical (unpaired) electrons. The van der Waals surface area contributed by atoms with E-state index in [2.05, 4.69) is 114 Å². The molecule has 0 amide bonds. The van der Waals surface area contributed by atoms with Crippen molar-refractivity contribution >= 4 is 69.6 Å². The number of hydrogen-bond donors (Lipinski definition) is 0. The zero-order chi connectivity index (χ0) is 27.1. The number of hydrogen-bond acceptors (Lipinski definition) is 0. The summed E-state index contributed by atoms with van der Waals surface area (Å²) in [7, 11) is -3.53. The summed E-state index contributed by atoms with van der Waals surface area (Å²) in [4.78, 5) is 0. The van der Waals surface area contributed by atoms with Crippen LogP contribution >= 0.6 is 0 Å². The van der Waals surface area contributed by atoms with Gasteiger partial charge in [-0.2, -0.15) is 0 Å². The fourth-order valence-corrected chi connectivity index (χ4v) is 15.7. The first kappa shape index (κ1) is 26.7. The molecule has 5 rings (SSSR count). The molecule has 0 aliphatic heterocycles. The van der Waals surface area contributed by atoms with E-state index in [9.17, 15) is 0 Å². The standard InChI is InChI=1S/C36H42Si2/c1-8-26-20-17-21-29-24-33-34(25-30(26)29)36(38(12-5,13-6)14-7)32-23-28-19-16-15-18-27(28)22-31(32)35(33)37(9-2,10-3)11-4/h1,15-25H,9-14H2,2-7H3. The second-order valence-electron chi connectivity index (χ2n) is 11.2. The third kappa shape index (κ3) is 3.86. The second kappa shape index (κ2) is 10.4. The SMILES string of the molecule is C#Cc1cccc2cc3c([Si](CC)(CC)CC)c4cc5ccccc5cc4c([Si](CC)(CC)CC)c3cc12. The van der Waals surface area contributed by atoms with Crippen LogP contribution in [-0.2, 0) is 0 Å². The average Bonchev–Trinajstić information content (AvgIpc) is 2.97. The summed E-state index contributed by atoms with van der Waals surface area (Å²) in [6.07, 6.45) is 6.04. The molecule has 0 nitrogen and oxygen atoms in total. The number of fused-ring (bicyclic) bond motifs is 4. The van der Waals surface area contributed by atoms with Crippen LogP contribution in [0.15, 0.2) is 66.7 Å². The van der Waals surface area contributed by atoms with E-state index in [4.69, 9.17) is 6.42 Å². The second-order valence-corrected chi connectivity index (χ2v) is 21.6. The molecule has 0 bridgehead atoms. The van der Waals surface area contributed by atoms with Gasteiger partial charge in [0, 0.05) is 5.56 Å². The van der Waals surface area contributed by atoms with Gasteiger partial charge >= 0.3 is 0 Å². The minimum Gasteiger partial charge on any atom is -0.115 e. The first-order valence-corrected chi connectivity index (χ1v) is 20.0. The van der Waals surface area contributed by atoms with Crippen LogP contribution in [0, 0.1) is 12.3 Å². The van der Waals surface area contributed by atoms with E-state index in [1.807, 2.05) is 0 Å². The lowest BCUT2D eigenvalue weighted by Gasteiger charge is -2.37. The molecule has 0 spiro atoms. The van der Waals surface area contributed by atoms with Crippen molar-refractivity contribution in [2.24, 2.45) is 0 Å². The largest absolute Gasteiger partial charge is 0.115 e. The predicted octanol–water partition coefficient (Wildman–Crippen LogP) is 9.71. The maximum absolute atomic E-state index is 6.04. The van der Waals surface area contributed by atoms with Crippen LogP contribution in [0.5, 0.6) is 0 Å². The molecule has 0 fully saturated rings. The predicted molar refractivity (Wildman–Crippen MR) is 178 cm³/mol. The Balaban J connectivity index is 2.17. The minimum absolute atomic E-state index is 1.01. The molecule has 5 aromatic carbocycles. The van der Waals surface area contributed by atoms with Crippen LogP contribution in [0.1, 0.15) is 47.1 Å². The number of benzene rings is 5. The van der Waals surface area contributed by atoms with E-state index in [0.717, 1.165) is 5.56 Å². The molecule has 194 valence electrons. The molecular weight excluding hydrogens is 489 g/mol. The molecule has 0 saturated carbocycles. The highest BCUT2D eigenvalue weighted by Crippen LogP contribution is 2.37. The van der Waals surface area contributed by atoms with Gasteiger partial charge in [-0.3, -0.25) is 0 Å². The molecule has 0 atom stereocenters. The van der Waals surface area contributed by atoms with Gasteiger partial charge in [-0.15, -0.1) is 6.42 Å².